The summed E-state index contributed by atoms with van der Waals surface area (Å²) in [6.45, 7) is 0. The van der Waals surface area contributed by atoms with Crippen molar-refractivity contribution in [1.29, 1.82) is 0 Å². The molecule has 0 saturated carbocycles. The van der Waals surface area contributed by atoms with E-state index in [1.165, 1.54) is 50.1 Å². The minimum atomic E-state index is -0.448. The molecule has 1 aromatic heterocycles. The first-order valence-electron chi connectivity index (χ1n) is 22.2. The molecule has 4 nitrogen and oxygen atoms in total. The van der Waals surface area contributed by atoms with Crippen molar-refractivity contribution >= 4 is 11.1 Å². The second-order valence-electron chi connectivity index (χ2n) is 17.1. The van der Waals surface area contributed by atoms with Crippen LogP contribution in [0.3, 0.4) is 0 Å². The van der Waals surface area contributed by atoms with Crippen LogP contribution in [0, 0.1) is 5.92 Å². The van der Waals surface area contributed by atoms with Gasteiger partial charge in [-0.3, -0.25) is 0 Å². The molecule has 5 aliphatic carbocycles. The number of hydrogen-bond acceptors (Lipinski definition) is 4. The molecule has 62 heavy (non-hydrogen) atoms. The molecule has 0 saturated heterocycles. The molecule has 298 valence electrons. The van der Waals surface area contributed by atoms with Gasteiger partial charge in [0.05, 0.1) is 5.41 Å². The van der Waals surface area contributed by atoms with Gasteiger partial charge in [-0.1, -0.05) is 176 Å². The van der Waals surface area contributed by atoms with Crippen LogP contribution in [-0.2, 0) is 10.2 Å². The van der Waals surface area contributed by atoms with Crippen molar-refractivity contribution in [2.75, 3.05) is 0 Å². The molecule has 2 atom stereocenters. The first kappa shape index (κ1) is 36.7. The van der Waals surface area contributed by atoms with Gasteiger partial charge in [0.2, 0.25) is 0 Å². The highest BCUT2D eigenvalue weighted by Gasteiger charge is 2.55. The summed E-state index contributed by atoms with van der Waals surface area (Å²) < 4.78 is 7.35. The van der Waals surface area contributed by atoms with Crippen molar-refractivity contribution in [1.82, 2.24) is 15.0 Å². The molecule has 4 heteroatoms. The Morgan fingerprint density at radius 1 is 0.516 bits per heavy atom. The molecule has 6 aromatic rings. The molecule has 6 aliphatic rings. The molecule has 12 rings (SSSR count). The molecule has 0 radical (unpaired) electrons. The van der Waals surface area contributed by atoms with Crippen LogP contribution in [-0.4, -0.2) is 21.1 Å². The molecular formula is C58H45N3O. The Morgan fingerprint density at radius 3 is 1.92 bits per heavy atom. The molecule has 2 heterocycles. The third-order valence-electron chi connectivity index (χ3n) is 13.6. The molecule has 0 bridgehead atoms. The standard InChI is InChI=1S/C58H45N3O/c1-3-18-38(19-4-1)40-22-15-24-42(36-40)55-59-56(43-25-16-23-41(37-43)39-20-5-2-6-21-39)61-57(60-55)48-29-8-7-26-44(48)47-30-17-34-52-54(47)62-53-35-14-13-33-51(53)58(52)49-31-11-9-27-45(49)46-28-10-12-32-50(46)58/h1-5,7,9-20,22-28,31-34,36-37,47,53H,6,8,21,29-30,35H2. The van der Waals surface area contributed by atoms with Gasteiger partial charge in [-0.25, -0.2) is 15.0 Å². The second-order valence-corrected chi connectivity index (χ2v) is 17.1. The topological polar surface area (TPSA) is 47.9 Å². The van der Waals surface area contributed by atoms with Gasteiger partial charge in [0.25, 0.3) is 0 Å². The van der Waals surface area contributed by atoms with Crippen LogP contribution in [0.4, 0.5) is 0 Å². The average Bonchev–Trinajstić information content (AvgIpc) is 3.65. The van der Waals surface area contributed by atoms with E-state index >= 15 is 0 Å². The molecular weight excluding hydrogens is 755 g/mol. The first-order chi connectivity index (χ1) is 30.7. The Morgan fingerprint density at radius 2 is 1.16 bits per heavy atom. The highest BCUT2D eigenvalue weighted by molar-refractivity contribution is 5.88. The maximum absolute atomic E-state index is 7.35. The van der Waals surface area contributed by atoms with Crippen LogP contribution in [0.2, 0.25) is 0 Å². The highest BCUT2D eigenvalue weighted by atomic mass is 16.5. The van der Waals surface area contributed by atoms with Crippen LogP contribution >= 0.6 is 0 Å². The van der Waals surface area contributed by atoms with E-state index in [1.807, 2.05) is 0 Å². The summed E-state index contributed by atoms with van der Waals surface area (Å²) >= 11 is 0. The fourth-order valence-electron chi connectivity index (χ4n) is 10.8. The number of fused-ring (bicyclic) bond motifs is 8. The van der Waals surface area contributed by atoms with Gasteiger partial charge in [0.15, 0.2) is 17.5 Å². The SMILES string of the molecule is C1=CCCC(c2cccc(-c3nc(C4=C(C5CC=CC6=C5OC5CC=CC=C5C65c6ccccc6-c6ccccc65)C=CCC4)nc(-c4cccc(-c5ccccc5)c4)n3)c2)=C1. The van der Waals surface area contributed by atoms with Crippen molar-refractivity contribution in [3.05, 3.63) is 233 Å². The molecule has 0 amide bonds. The lowest BCUT2D eigenvalue weighted by Crippen LogP contribution is -2.43. The van der Waals surface area contributed by atoms with E-state index in [0.717, 1.165) is 77.9 Å². The fraction of sp³-hybridized carbons (Fsp3) is 0.155. The zero-order chi connectivity index (χ0) is 41.0. The van der Waals surface area contributed by atoms with Crippen molar-refractivity contribution in [2.45, 2.75) is 50.0 Å². The summed E-state index contributed by atoms with van der Waals surface area (Å²) in [6, 6.07) is 45.9. The summed E-state index contributed by atoms with van der Waals surface area (Å²) in [5, 5.41) is 0. The minimum absolute atomic E-state index is 0.00880. The van der Waals surface area contributed by atoms with Crippen LogP contribution in [0.5, 0.6) is 0 Å². The third-order valence-corrected chi connectivity index (χ3v) is 13.6. The van der Waals surface area contributed by atoms with Gasteiger partial charge >= 0.3 is 0 Å². The number of ether oxygens (including phenoxy) is 1. The summed E-state index contributed by atoms with van der Waals surface area (Å²) in [5.74, 6) is 3.16. The Balaban J connectivity index is 1.05. The Hall–Kier alpha value is -7.17. The normalized spacial score (nSPS) is 20.3. The van der Waals surface area contributed by atoms with Gasteiger partial charge in [-0.05, 0) is 99.9 Å². The predicted molar refractivity (Wildman–Crippen MR) is 251 cm³/mol. The lowest BCUT2D eigenvalue weighted by atomic mass is 9.60. The molecule has 1 aliphatic heterocycles. The molecule has 5 aromatic carbocycles. The first-order valence-corrected chi connectivity index (χ1v) is 22.2. The lowest BCUT2D eigenvalue weighted by Gasteiger charge is -2.48. The number of rotatable bonds is 6. The molecule has 0 N–H and O–H groups in total. The zero-order valence-corrected chi connectivity index (χ0v) is 34.5. The number of benzene rings is 5. The molecule has 0 fully saturated rings. The summed E-state index contributed by atoms with van der Waals surface area (Å²) in [5.41, 5.74) is 16.6. The number of aromatic nitrogens is 3. The largest absolute Gasteiger partial charge is 0.489 e. The highest BCUT2D eigenvalue weighted by Crippen LogP contribution is 2.62. The van der Waals surface area contributed by atoms with E-state index in [4.69, 9.17) is 19.7 Å². The smallest absolute Gasteiger partial charge is 0.164 e. The average molecular weight is 800 g/mol. The van der Waals surface area contributed by atoms with Gasteiger partial charge < -0.3 is 4.74 Å². The Labute approximate surface area is 363 Å². The Bertz CT molecular complexity index is 3020. The quantitative estimate of drug-likeness (QED) is 0.168. The van der Waals surface area contributed by atoms with Gasteiger partial charge in [-0.15, -0.1) is 0 Å². The van der Waals surface area contributed by atoms with Crippen LogP contribution in [0.25, 0.3) is 56.2 Å². The monoisotopic (exact) mass is 799 g/mol. The number of nitrogens with zero attached hydrogens (tertiary/aromatic N) is 3. The van der Waals surface area contributed by atoms with Crippen LogP contribution < -0.4 is 0 Å². The Kier molecular flexibility index (Phi) is 8.91. The number of allylic oxidation sites excluding steroid dienone is 13. The fourth-order valence-corrected chi connectivity index (χ4v) is 10.8. The van der Waals surface area contributed by atoms with Gasteiger partial charge in [0, 0.05) is 34.6 Å². The second kappa shape index (κ2) is 15.1. The lowest BCUT2D eigenvalue weighted by molar-refractivity contribution is 0.0984. The van der Waals surface area contributed by atoms with Crippen molar-refractivity contribution in [3.63, 3.8) is 0 Å². The minimum Gasteiger partial charge on any atom is -0.489 e. The van der Waals surface area contributed by atoms with Crippen molar-refractivity contribution in [3.8, 4) is 45.0 Å². The van der Waals surface area contributed by atoms with Crippen LogP contribution in [0.1, 0.15) is 61.0 Å². The predicted octanol–water partition coefficient (Wildman–Crippen LogP) is 13.8. The van der Waals surface area contributed by atoms with E-state index in [2.05, 4.69) is 188 Å². The number of hydrogen-bond donors (Lipinski definition) is 0. The third kappa shape index (κ3) is 5.92. The summed E-state index contributed by atoms with van der Waals surface area (Å²) in [6.07, 6.45) is 28.3. The summed E-state index contributed by atoms with van der Waals surface area (Å²) in [4.78, 5) is 16.1. The molecule has 1 spiro atoms. The van der Waals surface area contributed by atoms with E-state index in [0.29, 0.717) is 11.6 Å². The van der Waals surface area contributed by atoms with Crippen molar-refractivity contribution < 1.29 is 4.74 Å². The van der Waals surface area contributed by atoms with Gasteiger partial charge in [-0.2, -0.15) is 0 Å². The molecule has 2 unspecified atom stereocenters. The van der Waals surface area contributed by atoms with Gasteiger partial charge in [0.1, 0.15) is 11.9 Å². The maximum Gasteiger partial charge on any atom is 0.164 e. The van der Waals surface area contributed by atoms with E-state index < -0.39 is 5.41 Å². The zero-order valence-electron chi connectivity index (χ0n) is 34.5. The van der Waals surface area contributed by atoms with E-state index in [9.17, 15) is 0 Å². The van der Waals surface area contributed by atoms with Crippen molar-refractivity contribution in [2.24, 2.45) is 5.92 Å². The summed E-state index contributed by atoms with van der Waals surface area (Å²) in [7, 11) is 0. The van der Waals surface area contributed by atoms with E-state index in [-0.39, 0.29) is 12.0 Å². The maximum atomic E-state index is 7.35. The van der Waals surface area contributed by atoms with Crippen LogP contribution in [0.15, 0.2) is 211 Å². The van der Waals surface area contributed by atoms with E-state index in [1.54, 1.807) is 0 Å².